The second kappa shape index (κ2) is 9.79. The molecule has 2 aromatic rings. The van der Waals surface area contributed by atoms with Crippen molar-refractivity contribution in [1.29, 1.82) is 0 Å². The van der Waals surface area contributed by atoms with Crippen LogP contribution >= 0.6 is 0 Å². The van der Waals surface area contributed by atoms with Gasteiger partial charge in [0.15, 0.2) is 11.6 Å². The van der Waals surface area contributed by atoms with Gasteiger partial charge in [0, 0.05) is 43.1 Å². The zero-order chi connectivity index (χ0) is 23.6. The van der Waals surface area contributed by atoms with Crippen LogP contribution in [0.3, 0.4) is 0 Å². The van der Waals surface area contributed by atoms with Gasteiger partial charge in [0.25, 0.3) is 0 Å². The second-order valence-corrected chi connectivity index (χ2v) is 8.85. The van der Waals surface area contributed by atoms with Crippen molar-refractivity contribution in [3.05, 3.63) is 51.8 Å². The number of ketones is 2. The average molecular weight is 439 g/mol. The molecule has 1 saturated heterocycles. The second-order valence-electron chi connectivity index (χ2n) is 8.85. The highest BCUT2D eigenvalue weighted by Crippen LogP contribution is 2.22. The minimum atomic E-state index is -0.294. The summed E-state index contributed by atoms with van der Waals surface area (Å²) in [5.41, 5.74) is 5.60. The van der Waals surface area contributed by atoms with Crippen molar-refractivity contribution < 1.29 is 14.4 Å². The van der Waals surface area contributed by atoms with Crippen molar-refractivity contribution in [2.45, 2.75) is 47.6 Å². The number of hydrogen-bond acceptors (Lipinski definition) is 5. The molecule has 0 spiro atoms. The van der Waals surface area contributed by atoms with Crippen LogP contribution in [0.25, 0.3) is 0 Å². The van der Waals surface area contributed by atoms with E-state index in [1.807, 2.05) is 52.8 Å². The molecule has 0 bridgehead atoms. The number of anilines is 1. The third-order valence-electron chi connectivity index (χ3n) is 6.48. The number of nitrogens with zero attached hydrogens (tertiary/aromatic N) is 2. The fourth-order valence-electron chi connectivity index (χ4n) is 4.60. The zero-order valence-electron chi connectivity index (χ0n) is 20.0. The minimum Gasteiger partial charge on any atom is -0.355 e. The number of aromatic nitrogens is 1. The molecule has 0 radical (unpaired) electrons. The number of piperazine rings is 1. The molecule has 1 aliphatic rings. The Bertz CT molecular complexity index is 1010. The van der Waals surface area contributed by atoms with Crippen LogP contribution < -0.4 is 5.32 Å². The van der Waals surface area contributed by atoms with Gasteiger partial charge in [-0.25, -0.2) is 0 Å². The van der Waals surface area contributed by atoms with Crippen molar-refractivity contribution in [2.75, 3.05) is 38.0 Å². The molecule has 3 rings (SSSR count). The van der Waals surface area contributed by atoms with Gasteiger partial charge in [0.1, 0.15) is 0 Å². The van der Waals surface area contributed by atoms with E-state index in [0.717, 1.165) is 41.2 Å². The van der Waals surface area contributed by atoms with Gasteiger partial charge in [-0.05, 0) is 58.2 Å². The number of carbonyl (C=O) groups is 3. The summed E-state index contributed by atoms with van der Waals surface area (Å²) in [5, 5.41) is 3.04. The summed E-state index contributed by atoms with van der Waals surface area (Å²) < 4.78 is 0. The maximum absolute atomic E-state index is 13.1. The Kier molecular flexibility index (Phi) is 7.31. The molecular formula is C25H34N4O3. The maximum Gasteiger partial charge on any atom is 0.238 e. The number of aromatic amines is 1. The molecule has 1 amide bonds. The lowest BCUT2D eigenvalue weighted by molar-refractivity contribution is -0.117. The first-order valence-electron chi connectivity index (χ1n) is 11.2. The summed E-state index contributed by atoms with van der Waals surface area (Å²) >= 11 is 0. The maximum atomic E-state index is 13.1. The molecule has 2 heterocycles. The average Bonchev–Trinajstić information content (AvgIpc) is 3.04. The molecule has 1 aromatic heterocycles. The van der Waals surface area contributed by atoms with Crippen molar-refractivity contribution in [3.63, 3.8) is 0 Å². The van der Waals surface area contributed by atoms with E-state index in [0.29, 0.717) is 30.9 Å². The fourth-order valence-corrected chi connectivity index (χ4v) is 4.60. The molecule has 1 atom stereocenters. The lowest BCUT2D eigenvalue weighted by Crippen LogP contribution is -2.53. The summed E-state index contributed by atoms with van der Waals surface area (Å²) in [7, 11) is 0. The van der Waals surface area contributed by atoms with Crippen LogP contribution in [0, 0.1) is 27.7 Å². The van der Waals surface area contributed by atoms with E-state index in [-0.39, 0.29) is 23.5 Å². The van der Waals surface area contributed by atoms with Crippen molar-refractivity contribution in [1.82, 2.24) is 14.8 Å². The molecule has 0 saturated carbocycles. The van der Waals surface area contributed by atoms with Gasteiger partial charge in [0.2, 0.25) is 5.91 Å². The van der Waals surface area contributed by atoms with E-state index in [4.69, 9.17) is 0 Å². The third kappa shape index (κ3) is 5.00. The molecule has 32 heavy (non-hydrogen) atoms. The van der Waals surface area contributed by atoms with Crippen LogP contribution in [0.15, 0.2) is 18.2 Å². The van der Waals surface area contributed by atoms with Crippen molar-refractivity contribution >= 4 is 23.2 Å². The zero-order valence-corrected chi connectivity index (χ0v) is 20.0. The Labute approximate surface area is 190 Å². The third-order valence-corrected chi connectivity index (χ3v) is 6.48. The molecule has 0 unspecified atom stereocenters. The summed E-state index contributed by atoms with van der Waals surface area (Å²) in [4.78, 5) is 45.0. The first-order valence-corrected chi connectivity index (χ1v) is 11.2. The number of nitrogens with one attached hydrogen (secondary N) is 2. The molecule has 1 aromatic carbocycles. The number of H-pyrrole nitrogens is 1. The Morgan fingerprint density at radius 3 is 2.16 bits per heavy atom. The largest absolute Gasteiger partial charge is 0.355 e. The highest BCUT2D eigenvalue weighted by atomic mass is 16.2. The van der Waals surface area contributed by atoms with E-state index in [1.54, 1.807) is 0 Å². The van der Waals surface area contributed by atoms with Crippen LogP contribution in [-0.4, -0.2) is 71.0 Å². The topological polar surface area (TPSA) is 85.5 Å². The predicted molar refractivity (Wildman–Crippen MR) is 127 cm³/mol. The smallest absolute Gasteiger partial charge is 0.238 e. The number of rotatable bonds is 7. The minimum absolute atomic E-state index is 0.000629. The lowest BCUT2D eigenvalue weighted by atomic mass is 10.0. The molecule has 172 valence electrons. The van der Waals surface area contributed by atoms with Crippen LogP contribution in [0.5, 0.6) is 0 Å². The highest BCUT2D eigenvalue weighted by molar-refractivity contribution is 6.05. The molecule has 0 aliphatic carbocycles. The molecule has 7 nitrogen and oxygen atoms in total. The summed E-state index contributed by atoms with van der Waals surface area (Å²) in [6.45, 7) is 14.3. The number of carbonyl (C=O) groups excluding carboxylic acids is 3. The van der Waals surface area contributed by atoms with E-state index in [1.165, 1.54) is 6.92 Å². The quantitative estimate of drug-likeness (QED) is 0.648. The first-order chi connectivity index (χ1) is 15.1. The first kappa shape index (κ1) is 23.9. The normalized spacial score (nSPS) is 16.1. The molecule has 2 N–H and O–H groups in total. The van der Waals surface area contributed by atoms with Crippen LogP contribution in [0.1, 0.15) is 57.1 Å². The van der Waals surface area contributed by atoms with Gasteiger partial charge in [-0.2, -0.15) is 0 Å². The highest BCUT2D eigenvalue weighted by Gasteiger charge is 2.30. The van der Waals surface area contributed by atoms with E-state index in [9.17, 15) is 14.4 Å². The Morgan fingerprint density at radius 1 is 1.03 bits per heavy atom. The van der Waals surface area contributed by atoms with Gasteiger partial charge >= 0.3 is 0 Å². The Balaban J connectivity index is 1.56. The SMILES string of the molecule is CC(=O)c1c(C)[nH]c(C(=O)[C@@H](C)N2CCN(CC(=O)Nc3c(C)cccc3C)CC2)c1C. The van der Waals surface area contributed by atoms with Crippen molar-refractivity contribution in [3.8, 4) is 0 Å². The molecular weight excluding hydrogens is 404 g/mol. The molecule has 1 aliphatic heterocycles. The van der Waals surface area contributed by atoms with E-state index >= 15 is 0 Å². The number of para-hydroxylation sites is 1. The Hall–Kier alpha value is -2.77. The van der Waals surface area contributed by atoms with Gasteiger partial charge in [0.05, 0.1) is 18.3 Å². The predicted octanol–water partition coefficient (Wildman–Crippen LogP) is 3.28. The summed E-state index contributed by atoms with van der Waals surface area (Å²) in [5.74, 6) is -0.0516. The lowest BCUT2D eigenvalue weighted by Gasteiger charge is -2.37. The summed E-state index contributed by atoms with van der Waals surface area (Å²) in [6, 6.07) is 5.68. The van der Waals surface area contributed by atoms with Crippen LogP contribution in [0.2, 0.25) is 0 Å². The summed E-state index contributed by atoms with van der Waals surface area (Å²) in [6.07, 6.45) is 0. The van der Waals surface area contributed by atoms with Crippen LogP contribution in [-0.2, 0) is 4.79 Å². The molecule has 1 fully saturated rings. The van der Waals surface area contributed by atoms with E-state index in [2.05, 4.69) is 20.1 Å². The number of benzene rings is 1. The van der Waals surface area contributed by atoms with Crippen molar-refractivity contribution in [2.24, 2.45) is 0 Å². The monoisotopic (exact) mass is 438 g/mol. The van der Waals surface area contributed by atoms with Gasteiger partial charge < -0.3 is 10.3 Å². The number of amides is 1. The molecule has 7 heteroatoms. The number of hydrogen-bond donors (Lipinski definition) is 2. The number of Topliss-reactive ketones (excluding diaryl/α,β-unsaturated/α-hetero) is 2. The fraction of sp³-hybridized carbons (Fsp3) is 0.480. The van der Waals surface area contributed by atoms with Gasteiger partial charge in [-0.1, -0.05) is 18.2 Å². The van der Waals surface area contributed by atoms with E-state index < -0.39 is 0 Å². The van der Waals surface area contributed by atoms with Gasteiger partial charge in [-0.15, -0.1) is 0 Å². The standard InChI is InChI=1S/C25H34N4O3/c1-15-8-7-9-16(2)23(15)27-21(31)14-28-10-12-29(13-11-28)19(5)25(32)24-17(3)22(20(6)30)18(4)26-24/h7-9,19,26H,10-14H2,1-6H3,(H,27,31)/t19-/m1/s1. The Morgan fingerprint density at radius 2 is 1.62 bits per heavy atom. The van der Waals surface area contributed by atoms with Gasteiger partial charge in [-0.3, -0.25) is 24.2 Å². The number of aryl methyl sites for hydroxylation is 3. The van der Waals surface area contributed by atoms with Crippen LogP contribution in [0.4, 0.5) is 5.69 Å².